The summed E-state index contributed by atoms with van der Waals surface area (Å²) < 4.78 is 0. The molecule has 1 aromatic heterocycles. The fourth-order valence-corrected chi connectivity index (χ4v) is 2.79. The smallest absolute Gasteiger partial charge is 0.145 e. The van der Waals surface area contributed by atoms with Crippen molar-refractivity contribution in [1.29, 1.82) is 0 Å². The van der Waals surface area contributed by atoms with Crippen molar-refractivity contribution in [2.45, 2.75) is 58.4 Å². The number of aromatic nitrogens is 2. The molecule has 1 atom stereocenters. The molecule has 5 nitrogen and oxygen atoms in total. The van der Waals surface area contributed by atoms with Gasteiger partial charge in [-0.05, 0) is 32.1 Å². The molecule has 0 saturated heterocycles. The van der Waals surface area contributed by atoms with Crippen molar-refractivity contribution in [3.05, 3.63) is 11.9 Å². The van der Waals surface area contributed by atoms with Gasteiger partial charge in [0, 0.05) is 18.5 Å². The Labute approximate surface area is 115 Å². The van der Waals surface area contributed by atoms with E-state index in [-0.39, 0.29) is 0 Å². The van der Waals surface area contributed by atoms with Crippen molar-refractivity contribution >= 4 is 11.6 Å². The highest BCUT2D eigenvalue weighted by molar-refractivity contribution is 5.47. The number of hydrogen-bond donors (Lipinski definition) is 3. The average molecular weight is 263 g/mol. The van der Waals surface area contributed by atoms with Gasteiger partial charge in [-0.2, -0.15) is 0 Å². The first kappa shape index (κ1) is 14.1. The van der Waals surface area contributed by atoms with Crippen LogP contribution in [0.15, 0.2) is 6.07 Å². The summed E-state index contributed by atoms with van der Waals surface area (Å²) in [5.41, 5.74) is 2.62. The van der Waals surface area contributed by atoms with E-state index < -0.39 is 0 Å². The van der Waals surface area contributed by atoms with E-state index in [9.17, 15) is 0 Å². The second-order valence-electron chi connectivity index (χ2n) is 5.43. The monoisotopic (exact) mass is 263 g/mol. The van der Waals surface area contributed by atoms with Gasteiger partial charge in [-0.3, -0.25) is 0 Å². The molecule has 5 heteroatoms. The van der Waals surface area contributed by atoms with Crippen LogP contribution in [0, 0.1) is 5.92 Å². The van der Waals surface area contributed by atoms with Crippen LogP contribution in [-0.2, 0) is 6.42 Å². The number of nitrogens with two attached hydrogens (primary N) is 1. The zero-order chi connectivity index (χ0) is 13.7. The Morgan fingerprint density at radius 3 is 2.63 bits per heavy atom. The molecular formula is C14H25N5. The molecule has 19 heavy (non-hydrogen) atoms. The lowest BCUT2D eigenvalue weighted by Crippen LogP contribution is -2.25. The predicted octanol–water partition coefficient (Wildman–Crippen LogP) is 2.71. The lowest BCUT2D eigenvalue weighted by molar-refractivity contribution is 0.481. The highest BCUT2D eigenvalue weighted by Crippen LogP contribution is 2.29. The zero-order valence-electron chi connectivity index (χ0n) is 11.9. The Morgan fingerprint density at radius 1 is 1.32 bits per heavy atom. The van der Waals surface area contributed by atoms with Gasteiger partial charge in [0.05, 0.1) is 0 Å². The summed E-state index contributed by atoms with van der Waals surface area (Å²) in [6, 6.07) is 2.34. The lowest BCUT2D eigenvalue weighted by Gasteiger charge is -2.21. The van der Waals surface area contributed by atoms with Crippen LogP contribution in [0.2, 0.25) is 0 Å². The Morgan fingerprint density at radius 2 is 2.00 bits per heavy atom. The minimum absolute atomic E-state index is 0.456. The van der Waals surface area contributed by atoms with Crippen LogP contribution in [-0.4, -0.2) is 16.0 Å². The summed E-state index contributed by atoms with van der Waals surface area (Å²) in [6.07, 6.45) is 7.27. The molecule has 1 aliphatic rings. The summed E-state index contributed by atoms with van der Waals surface area (Å²) in [5.74, 6) is 8.64. The number of nitrogens with one attached hydrogen (secondary N) is 2. The molecule has 1 aromatic rings. The van der Waals surface area contributed by atoms with E-state index in [0.29, 0.717) is 11.9 Å². The Bertz CT molecular complexity index is 401. The molecule has 0 spiro atoms. The molecular weight excluding hydrogens is 238 g/mol. The molecule has 0 aromatic carbocycles. The van der Waals surface area contributed by atoms with Gasteiger partial charge in [0.15, 0.2) is 0 Å². The number of hydrazine groups is 1. The molecule has 2 rings (SSSR count). The minimum atomic E-state index is 0.456. The first-order chi connectivity index (χ1) is 9.22. The molecule has 0 bridgehead atoms. The normalized spacial score (nSPS) is 17.4. The first-order valence-electron chi connectivity index (χ1n) is 7.34. The largest absolute Gasteiger partial charge is 0.367 e. The van der Waals surface area contributed by atoms with E-state index in [2.05, 4.69) is 34.6 Å². The van der Waals surface area contributed by atoms with Crippen LogP contribution in [0.5, 0.6) is 0 Å². The number of aryl methyl sites for hydroxylation is 1. The number of hydrogen-bond acceptors (Lipinski definition) is 5. The van der Waals surface area contributed by atoms with Crippen molar-refractivity contribution in [1.82, 2.24) is 9.97 Å². The zero-order valence-corrected chi connectivity index (χ0v) is 11.9. The highest BCUT2D eigenvalue weighted by Gasteiger charge is 2.21. The van der Waals surface area contributed by atoms with E-state index in [4.69, 9.17) is 5.84 Å². The summed E-state index contributed by atoms with van der Waals surface area (Å²) in [5, 5.41) is 3.51. The van der Waals surface area contributed by atoms with E-state index in [0.717, 1.165) is 30.4 Å². The van der Waals surface area contributed by atoms with Crippen LogP contribution in [0.1, 0.15) is 51.8 Å². The van der Waals surface area contributed by atoms with Crippen LogP contribution < -0.4 is 16.6 Å². The van der Waals surface area contributed by atoms with Gasteiger partial charge < -0.3 is 10.7 Å². The maximum atomic E-state index is 5.47. The van der Waals surface area contributed by atoms with Gasteiger partial charge in [0.1, 0.15) is 17.5 Å². The molecule has 0 aliphatic heterocycles. The van der Waals surface area contributed by atoms with Crippen LogP contribution in [0.4, 0.5) is 11.6 Å². The number of nitrogens with zero attached hydrogens (tertiary/aromatic N) is 2. The van der Waals surface area contributed by atoms with Crippen LogP contribution in [0.25, 0.3) is 0 Å². The summed E-state index contributed by atoms with van der Waals surface area (Å²) in [4.78, 5) is 8.92. The van der Waals surface area contributed by atoms with Crippen molar-refractivity contribution in [2.75, 3.05) is 10.7 Å². The van der Waals surface area contributed by atoms with E-state index in [1.165, 1.54) is 25.7 Å². The summed E-state index contributed by atoms with van der Waals surface area (Å²) in [6.45, 7) is 4.37. The third-order valence-electron chi connectivity index (χ3n) is 3.88. The molecule has 1 unspecified atom stereocenters. The van der Waals surface area contributed by atoms with Gasteiger partial charge in [0.2, 0.25) is 0 Å². The Kier molecular flexibility index (Phi) is 4.96. The minimum Gasteiger partial charge on any atom is -0.367 e. The third-order valence-corrected chi connectivity index (χ3v) is 3.88. The van der Waals surface area contributed by atoms with Gasteiger partial charge >= 0.3 is 0 Å². The molecule has 4 N–H and O–H groups in total. The second-order valence-corrected chi connectivity index (χ2v) is 5.43. The van der Waals surface area contributed by atoms with Crippen molar-refractivity contribution in [3.63, 3.8) is 0 Å². The van der Waals surface area contributed by atoms with E-state index >= 15 is 0 Å². The highest BCUT2D eigenvalue weighted by atomic mass is 15.3. The molecule has 0 radical (unpaired) electrons. The van der Waals surface area contributed by atoms with Crippen molar-refractivity contribution in [3.8, 4) is 0 Å². The van der Waals surface area contributed by atoms with Crippen LogP contribution in [0.3, 0.4) is 0 Å². The topological polar surface area (TPSA) is 75.9 Å². The Hall–Kier alpha value is -1.36. The van der Waals surface area contributed by atoms with E-state index in [1.54, 1.807) is 0 Å². The number of nitrogen functional groups attached to an aromatic ring is 1. The fourth-order valence-electron chi connectivity index (χ4n) is 2.79. The first-order valence-corrected chi connectivity index (χ1v) is 7.34. The predicted molar refractivity (Wildman–Crippen MR) is 78.9 cm³/mol. The quantitative estimate of drug-likeness (QED) is 0.543. The lowest BCUT2D eigenvalue weighted by atomic mass is 10.00. The molecule has 106 valence electrons. The SMILES string of the molecule is CCCc1nc(NN)cc(NC(C)C2CCCC2)n1. The standard InChI is InChI=1S/C14H25N5/c1-3-6-12-17-13(9-14(18-12)19-15)16-10(2)11-7-4-5-8-11/h9-11H,3-8,15H2,1-2H3,(H2,16,17,18,19). The van der Waals surface area contributed by atoms with Crippen LogP contribution >= 0.6 is 0 Å². The summed E-state index contributed by atoms with van der Waals surface area (Å²) >= 11 is 0. The van der Waals surface area contributed by atoms with E-state index in [1.807, 2.05) is 6.07 Å². The fraction of sp³-hybridized carbons (Fsp3) is 0.714. The van der Waals surface area contributed by atoms with Gasteiger partial charge in [0.25, 0.3) is 0 Å². The molecule has 1 heterocycles. The third kappa shape index (κ3) is 3.80. The second kappa shape index (κ2) is 6.70. The molecule has 1 saturated carbocycles. The number of anilines is 2. The van der Waals surface area contributed by atoms with Gasteiger partial charge in [-0.1, -0.05) is 19.8 Å². The maximum absolute atomic E-state index is 5.47. The summed E-state index contributed by atoms with van der Waals surface area (Å²) in [7, 11) is 0. The van der Waals surface area contributed by atoms with Crippen molar-refractivity contribution < 1.29 is 0 Å². The Balaban J connectivity index is 2.07. The number of rotatable bonds is 6. The molecule has 1 aliphatic carbocycles. The average Bonchev–Trinajstić information content (AvgIpc) is 2.92. The van der Waals surface area contributed by atoms with Gasteiger partial charge in [-0.25, -0.2) is 15.8 Å². The van der Waals surface area contributed by atoms with Crippen molar-refractivity contribution in [2.24, 2.45) is 11.8 Å². The molecule has 1 fully saturated rings. The molecule has 0 amide bonds. The van der Waals surface area contributed by atoms with Gasteiger partial charge in [-0.15, -0.1) is 0 Å². The maximum Gasteiger partial charge on any atom is 0.145 e.